The number of rotatable bonds is 4. The Bertz CT molecular complexity index is 693. The second kappa shape index (κ2) is 9.51. The Morgan fingerprint density at radius 3 is 2.68 bits per heavy atom. The van der Waals surface area contributed by atoms with E-state index in [-0.39, 0.29) is 29.6 Å². The Labute approximate surface area is 177 Å². The van der Waals surface area contributed by atoms with Crippen LogP contribution in [0.5, 0.6) is 0 Å². The molecule has 3 fully saturated rings. The van der Waals surface area contributed by atoms with E-state index < -0.39 is 0 Å². The number of amides is 2. The van der Waals surface area contributed by atoms with Gasteiger partial charge in [-0.1, -0.05) is 25.0 Å². The number of nitrogens with one attached hydrogen (secondary N) is 2. The molecule has 1 aliphatic carbocycles. The zero-order valence-electron chi connectivity index (χ0n) is 16.2. The summed E-state index contributed by atoms with van der Waals surface area (Å²) in [5.41, 5.74) is 1.60. The third-order valence-corrected chi connectivity index (χ3v) is 7.36. The standard InChI is InChI=1S/C21H29N3O2S.ClH/c25-19(24-9-11-27-12-10-24)13-16-4-6-18(7-5-16)23-20(26)21-8-2-1-3-17(21)14-22-15-21;/h4-7,17,22H,1-3,8-15H2,(H,23,26);1H/t17-,21+;/m0./s1. The van der Waals surface area contributed by atoms with E-state index in [0.29, 0.717) is 12.3 Å². The number of hydrogen-bond donors (Lipinski definition) is 2. The number of fused-ring (bicyclic) bond motifs is 1. The number of halogens is 1. The van der Waals surface area contributed by atoms with Crippen LogP contribution in [0.1, 0.15) is 31.2 Å². The summed E-state index contributed by atoms with van der Waals surface area (Å²) < 4.78 is 0. The number of thioether (sulfide) groups is 1. The molecule has 0 spiro atoms. The fourth-order valence-corrected chi connectivity index (χ4v) is 5.65. The van der Waals surface area contributed by atoms with Crippen molar-refractivity contribution in [2.45, 2.75) is 32.1 Å². The zero-order valence-corrected chi connectivity index (χ0v) is 17.9. The van der Waals surface area contributed by atoms with Gasteiger partial charge in [0.15, 0.2) is 0 Å². The van der Waals surface area contributed by atoms with Crippen LogP contribution >= 0.6 is 24.2 Å². The molecule has 5 nitrogen and oxygen atoms in total. The molecule has 28 heavy (non-hydrogen) atoms. The van der Waals surface area contributed by atoms with Gasteiger partial charge in [0.05, 0.1) is 11.8 Å². The number of benzene rings is 1. The summed E-state index contributed by atoms with van der Waals surface area (Å²) in [6.45, 7) is 3.47. The van der Waals surface area contributed by atoms with Crippen LogP contribution in [-0.4, -0.2) is 54.4 Å². The Morgan fingerprint density at radius 1 is 1.18 bits per heavy atom. The maximum atomic E-state index is 13.0. The van der Waals surface area contributed by atoms with Gasteiger partial charge in [0.1, 0.15) is 0 Å². The molecule has 7 heteroatoms. The summed E-state index contributed by atoms with van der Waals surface area (Å²) in [7, 11) is 0. The number of carbonyl (C=O) groups excluding carboxylic acids is 2. The van der Waals surface area contributed by atoms with Crippen molar-refractivity contribution in [1.29, 1.82) is 0 Å². The molecule has 4 rings (SSSR count). The summed E-state index contributed by atoms with van der Waals surface area (Å²) in [5.74, 6) is 2.90. The predicted molar refractivity (Wildman–Crippen MR) is 117 cm³/mol. The summed E-state index contributed by atoms with van der Waals surface area (Å²) in [6.07, 6.45) is 4.95. The fraction of sp³-hybridized carbons (Fsp3) is 0.619. The van der Waals surface area contributed by atoms with Crippen LogP contribution in [0, 0.1) is 11.3 Å². The molecule has 2 atom stereocenters. The number of anilines is 1. The lowest BCUT2D eigenvalue weighted by atomic mass is 9.67. The van der Waals surface area contributed by atoms with Gasteiger partial charge in [-0.15, -0.1) is 12.4 Å². The summed E-state index contributed by atoms with van der Waals surface area (Å²) in [5, 5.41) is 6.57. The molecule has 1 aromatic carbocycles. The lowest BCUT2D eigenvalue weighted by molar-refractivity contribution is -0.130. The average Bonchev–Trinajstić information content (AvgIpc) is 3.15. The van der Waals surface area contributed by atoms with Crippen LogP contribution in [0.4, 0.5) is 5.69 Å². The van der Waals surface area contributed by atoms with Gasteiger partial charge in [-0.3, -0.25) is 9.59 Å². The maximum Gasteiger partial charge on any atom is 0.232 e. The zero-order chi connectivity index (χ0) is 18.7. The highest BCUT2D eigenvalue weighted by Gasteiger charge is 2.49. The van der Waals surface area contributed by atoms with Gasteiger partial charge in [-0.2, -0.15) is 11.8 Å². The van der Waals surface area contributed by atoms with Crippen molar-refractivity contribution in [2.24, 2.45) is 11.3 Å². The van der Waals surface area contributed by atoms with Crippen molar-refractivity contribution in [3.8, 4) is 0 Å². The Kier molecular flexibility index (Phi) is 7.29. The molecule has 1 saturated carbocycles. The summed E-state index contributed by atoms with van der Waals surface area (Å²) in [6, 6.07) is 7.80. The third kappa shape index (κ3) is 4.50. The maximum absolute atomic E-state index is 13.0. The second-order valence-electron chi connectivity index (χ2n) is 8.05. The topological polar surface area (TPSA) is 61.4 Å². The van der Waals surface area contributed by atoms with Crippen molar-refractivity contribution >= 4 is 41.7 Å². The molecule has 0 aromatic heterocycles. The van der Waals surface area contributed by atoms with Gasteiger partial charge in [0.2, 0.25) is 11.8 Å². The van der Waals surface area contributed by atoms with Crippen molar-refractivity contribution < 1.29 is 9.59 Å². The lowest BCUT2D eigenvalue weighted by Gasteiger charge is -2.37. The first-order valence-electron chi connectivity index (χ1n) is 10.1. The van der Waals surface area contributed by atoms with Crippen LogP contribution < -0.4 is 10.6 Å². The van der Waals surface area contributed by atoms with Crippen LogP contribution in [0.3, 0.4) is 0 Å². The Hall–Kier alpha value is -1.24. The monoisotopic (exact) mass is 423 g/mol. The molecule has 2 amide bonds. The molecule has 2 saturated heterocycles. The van der Waals surface area contributed by atoms with Crippen LogP contribution in [-0.2, 0) is 16.0 Å². The van der Waals surface area contributed by atoms with Crippen molar-refractivity contribution in [3.05, 3.63) is 29.8 Å². The van der Waals surface area contributed by atoms with E-state index >= 15 is 0 Å². The molecule has 154 valence electrons. The number of nitrogens with zero attached hydrogens (tertiary/aromatic N) is 1. The normalized spacial score (nSPS) is 26.9. The Balaban J connectivity index is 0.00000225. The van der Waals surface area contributed by atoms with Gasteiger partial charge in [0.25, 0.3) is 0 Å². The lowest BCUT2D eigenvalue weighted by Crippen LogP contribution is -2.44. The minimum absolute atomic E-state index is 0. The molecule has 0 radical (unpaired) electrons. The largest absolute Gasteiger partial charge is 0.341 e. The highest BCUT2D eigenvalue weighted by atomic mass is 35.5. The van der Waals surface area contributed by atoms with Gasteiger partial charge in [-0.25, -0.2) is 0 Å². The van der Waals surface area contributed by atoms with E-state index in [1.165, 1.54) is 6.42 Å². The molecular weight excluding hydrogens is 394 g/mol. The van der Waals surface area contributed by atoms with Gasteiger partial charge >= 0.3 is 0 Å². The first kappa shape index (κ1) is 21.5. The smallest absolute Gasteiger partial charge is 0.232 e. The van der Waals surface area contributed by atoms with E-state index in [2.05, 4.69) is 10.6 Å². The van der Waals surface area contributed by atoms with E-state index in [1.807, 2.05) is 40.9 Å². The van der Waals surface area contributed by atoms with Crippen molar-refractivity contribution in [2.75, 3.05) is 43.0 Å². The molecule has 3 aliphatic rings. The average molecular weight is 424 g/mol. The minimum Gasteiger partial charge on any atom is -0.341 e. The SMILES string of the molecule is Cl.O=C(Cc1ccc(NC(=O)[C@@]23CCCC[C@H]2CNC3)cc1)N1CCSCC1. The van der Waals surface area contributed by atoms with Gasteiger partial charge in [0, 0.05) is 36.8 Å². The molecule has 2 N–H and O–H groups in total. The minimum atomic E-state index is -0.237. The summed E-state index contributed by atoms with van der Waals surface area (Å²) in [4.78, 5) is 27.4. The van der Waals surface area contributed by atoms with Crippen molar-refractivity contribution in [3.63, 3.8) is 0 Å². The molecule has 2 heterocycles. The number of hydrogen-bond acceptors (Lipinski definition) is 4. The Morgan fingerprint density at radius 2 is 1.93 bits per heavy atom. The van der Waals surface area contributed by atoms with Crippen LogP contribution in [0.2, 0.25) is 0 Å². The quantitative estimate of drug-likeness (QED) is 0.781. The fourth-order valence-electron chi connectivity index (χ4n) is 4.75. The third-order valence-electron chi connectivity index (χ3n) is 6.42. The van der Waals surface area contributed by atoms with Gasteiger partial charge in [-0.05, 0) is 43.0 Å². The van der Waals surface area contributed by atoms with E-state index in [9.17, 15) is 9.59 Å². The molecule has 0 unspecified atom stereocenters. The summed E-state index contributed by atoms with van der Waals surface area (Å²) >= 11 is 1.91. The first-order chi connectivity index (χ1) is 13.2. The highest BCUT2D eigenvalue weighted by molar-refractivity contribution is 7.99. The van der Waals surface area contributed by atoms with Crippen molar-refractivity contribution in [1.82, 2.24) is 10.2 Å². The van der Waals surface area contributed by atoms with E-state index in [4.69, 9.17) is 0 Å². The van der Waals surface area contributed by atoms with E-state index in [0.717, 1.165) is 68.2 Å². The predicted octanol–water partition coefficient (Wildman–Crippen LogP) is 2.94. The van der Waals surface area contributed by atoms with Crippen LogP contribution in [0.15, 0.2) is 24.3 Å². The number of carbonyl (C=O) groups is 2. The van der Waals surface area contributed by atoms with Crippen LogP contribution in [0.25, 0.3) is 0 Å². The molecule has 1 aromatic rings. The second-order valence-corrected chi connectivity index (χ2v) is 9.28. The molecule has 2 aliphatic heterocycles. The first-order valence-corrected chi connectivity index (χ1v) is 11.3. The van der Waals surface area contributed by atoms with E-state index in [1.54, 1.807) is 0 Å². The highest BCUT2D eigenvalue weighted by Crippen LogP contribution is 2.44. The van der Waals surface area contributed by atoms with Gasteiger partial charge < -0.3 is 15.5 Å². The molecule has 0 bridgehead atoms. The molecular formula is C21H30ClN3O2S.